The Kier molecular flexibility index (Phi) is 5.18. The van der Waals surface area contributed by atoms with E-state index >= 15 is 0 Å². The molecule has 0 bridgehead atoms. The van der Waals surface area contributed by atoms with Crippen LogP contribution >= 0.6 is 0 Å². The molecule has 0 radical (unpaired) electrons. The molecular formula is C15H22N2O. The standard InChI is InChI=1S/C15H22N2O/c1-12(17-10-9-15(2,3)11-16)13-5-7-14(18-4)8-6-13/h5-8,12,17H,9-10H2,1-4H3/t12-/m0/s1. The zero-order chi connectivity index (χ0) is 13.6. The molecule has 0 aromatic heterocycles. The Hall–Kier alpha value is -1.53. The third kappa shape index (κ3) is 4.38. The van der Waals surface area contributed by atoms with Gasteiger partial charge in [-0.25, -0.2) is 0 Å². The second-order valence-corrected chi connectivity index (χ2v) is 5.19. The molecule has 1 atom stereocenters. The molecule has 3 heteroatoms. The van der Waals surface area contributed by atoms with Gasteiger partial charge in [0.05, 0.1) is 18.6 Å². The second-order valence-electron chi connectivity index (χ2n) is 5.19. The lowest BCUT2D eigenvalue weighted by Crippen LogP contribution is -2.24. The van der Waals surface area contributed by atoms with E-state index in [1.807, 2.05) is 26.0 Å². The topological polar surface area (TPSA) is 45.0 Å². The fraction of sp³-hybridized carbons (Fsp3) is 0.533. The highest BCUT2D eigenvalue weighted by molar-refractivity contribution is 5.28. The van der Waals surface area contributed by atoms with Crippen LogP contribution in [0.1, 0.15) is 38.8 Å². The Morgan fingerprint density at radius 2 is 1.94 bits per heavy atom. The molecule has 0 saturated heterocycles. The van der Waals surface area contributed by atoms with Crippen molar-refractivity contribution < 1.29 is 4.74 Å². The number of hydrogen-bond donors (Lipinski definition) is 1. The van der Waals surface area contributed by atoms with E-state index in [9.17, 15) is 0 Å². The molecular weight excluding hydrogens is 224 g/mol. The molecule has 0 amide bonds. The number of nitrogens with one attached hydrogen (secondary N) is 1. The molecule has 0 heterocycles. The van der Waals surface area contributed by atoms with Crippen LogP contribution in [0.3, 0.4) is 0 Å². The third-order valence-corrected chi connectivity index (χ3v) is 3.12. The van der Waals surface area contributed by atoms with Crippen molar-refractivity contribution in [3.05, 3.63) is 29.8 Å². The van der Waals surface area contributed by atoms with Crippen molar-refractivity contribution in [1.29, 1.82) is 5.26 Å². The molecule has 18 heavy (non-hydrogen) atoms. The monoisotopic (exact) mass is 246 g/mol. The Balaban J connectivity index is 2.45. The molecule has 98 valence electrons. The van der Waals surface area contributed by atoms with Crippen molar-refractivity contribution in [2.24, 2.45) is 5.41 Å². The molecule has 0 saturated carbocycles. The van der Waals surface area contributed by atoms with Crippen LogP contribution in [-0.4, -0.2) is 13.7 Å². The largest absolute Gasteiger partial charge is 0.497 e. The van der Waals surface area contributed by atoms with Gasteiger partial charge < -0.3 is 10.1 Å². The summed E-state index contributed by atoms with van der Waals surface area (Å²) in [5.41, 5.74) is 0.970. The molecule has 0 fully saturated rings. The van der Waals surface area contributed by atoms with Gasteiger partial charge in [-0.3, -0.25) is 0 Å². The lowest BCUT2D eigenvalue weighted by Gasteiger charge is -2.19. The second kappa shape index (κ2) is 6.42. The van der Waals surface area contributed by atoms with Crippen LogP contribution in [0.4, 0.5) is 0 Å². The van der Waals surface area contributed by atoms with E-state index in [0.29, 0.717) is 0 Å². The number of hydrogen-bond acceptors (Lipinski definition) is 3. The Labute approximate surface area is 110 Å². The van der Waals surface area contributed by atoms with E-state index in [2.05, 4.69) is 30.4 Å². The van der Waals surface area contributed by atoms with Gasteiger partial charge in [-0.2, -0.15) is 5.26 Å². The molecule has 0 unspecified atom stereocenters. The molecule has 1 rings (SSSR count). The molecule has 1 N–H and O–H groups in total. The number of benzene rings is 1. The van der Waals surface area contributed by atoms with Gasteiger partial charge in [0.15, 0.2) is 0 Å². The van der Waals surface area contributed by atoms with Crippen LogP contribution < -0.4 is 10.1 Å². The summed E-state index contributed by atoms with van der Waals surface area (Å²) in [5.74, 6) is 0.872. The van der Waals surface area contributed by atoms with Crippen molar-refractivity contribution in [3.8, 4) is 11.8 Å². The van der Waals surface area contributed by atoms with Crippen molar-refractivity contribution in [2.45, 2.75) is 33.2 Å². The Bertz CT molecular complexity index is 403. The van der Waals surface area contributed by atoms with Crippen molar-refractivity contribution in [2.75, 3.05) is 13.7 Å². The highest BCUT2D eigenvalue weighted by atomic mass is 16.5. The van der Waals surface area contributed by atoms with Gasteiger partial charge in [0.25, 0.3) is 0 Å². The van der Waals surface area contributed by atoms with Gasteiger partial charge >= 0.3 is 0 Å². The zero-order valence-electron chi connectivity index (χ0n) is 11.7. The summed E-state index contributed by atoms with van der Waals surface area (Å²) >= 11 is 0. The Morgan fingerprint density at radius 3 is 2.44 bits per heavy atom. The molecule has 3 nitrogen and oxygen atoms in total. The van der Waals surface area contributed by atoms with Crippen molar-refractivity contribution in [3.63, 3.8) is 0 Å². The summed E-state index contributed by atoms with van der Waals surface area (Å²) in [6, 6.07) is 10.6. The average molecular weight is 246 g/mol. The summed E-state index contributed by atoms with van der Waals surface area (Å²) < 4.78 is 5.13. The van der Waals surface area contributed by atoms with E-state index < -0.39 is 0 Å². The predicted octanol–water partition coefficient (Wildman–Crippen LogP) is 3.29. The van der Waals surface area contributed by atoms with Gasteiger partial charge in [-0.15, -0.1) is 0 Å². The number of methoxy groups -OCH3 is 1. The number of ether oxygens (including phenoxy) is 1. The average Bonchev–Trinajstić information content (AvgIpc) is 2.38. The normalized spacial score (nSPS) is 12.8. The predicted molar refractivity (Wildman–Crippen MR) is 73.4 cm³/mol. The SMILES string of the molecule is COc1ccc([C@H](C)NCCC(C)(C)C#N)cc1. The molecule has 0 spiro atoms. The highest BCUT2D eigenvalue weighted by Gasteiger charge is 2.16. The third-order valence-electron chi connectivity index (χ3n) is 3.12. The first-order valence-corrected chi connectivity index (χ1v) is 6.27. The summed E-state index contributed by atoms with van der Waals surface area (Å²) in [7, 11) is 1.67. The first kappa shape index (κ1) is 14.5. The fourth-order valence-electron chi connectivity index (χ4n) is 1.67. The van der Waals surface area contributed by atoms with Gasteiger partial charge in [-0.05, 0) is 51.4 Å². The van der Waals surface area contributed by atoms with Gasteiger partial charge in [0.2, 0.25) is 0 Å². The van der Waals surface area contributed by atoms with Gasteiger partial charge in [0.1, 0.15) is 5.75 Å². The summed E-state index contributed by atoms with van der Waals surface area (Å²) in [6.07, 6.45) is 0.851. The fourth-order valence-corrected chi connectivity index (χ4v) is 1.67. The number of nitriles is 1. The summed E-state index contributed by atoms with van der Waals surface area (Å²) in [6.45, 7) is 6.90. The van der Waals surface area contributed by atoms with E-state index in [4.69, 9.17) is 10.00 Å². The minimum atomic E-state index is -0.257. The van der Waals surface area contributed by atoms with E-state index in [1.165, 1.54) is 5.56 Å². The first-order chi connectivity index (χ1) is 8.48. The quantitative estimate of drug-likeness (QED) is 0.837. The van der Waals surface area contributed by atoms with Crippen molar-refractivity contribution >= 4 is 0 Å². The van der Waals surface area contributed by atoms with Crippen LogP contribution in [0.5, 0.6) is 5.75 Å². The van der Waals surface area contributed by atoms with Crippen LogP contribution in [-0.2, 0) is 0 Å². The molecule has 1 aromatic carbocycles. The maximum Gasteiger partial charge on any atom is 0.118 e. The molecule has 0 aliphatic rings. The van der Waals surface area contributed by atoms with Gasteiger partial charge in [-0.1, -0.05) is 12.1 Å². The van der Waals surface area contributed by atoms with E-state index in [0.717, 1.165) is 18.7 Å². The molecule has 0 aliphatic heterocycles. The number of rotatable bonds is 6. The smallest absolute Gasteiger partial charge is 0.118 e. The van der Waals surface area contributed by atoms with Crippen LogP contribution in [0.2, 0.25) is 0 Å². The summed E-state index contributed by atoms with van der Waals surface area (Å²) in [4.78, 5) is 0. The number of nitrogens with zero attached hydrogens (tertiary/aromatic N) is 1. The van der Waals surface area contributed by atoms with Crippen LogP contribution in [0, 0.1) is 16.7 Å². The van der Waals surface area contributed by atoms with E-state index in [1.54, 1.807) is 7.11 Å². The maximum atomic E-state index is 8.94. The minimum absolute atomic E-state index is 0.257. The Morgan fingerprint density at radius 1 is 1.33 bits per heavy atom. The van der Waals surface area contributed by atoms with Crippen molar-refractivity contribution in [1.82, 2.24) is 5.32 Å². The molecule has 0 aliphatic carbocycles. The van der Waals surface area contributed by atoms with Crippen LogP contribution in [0.25, 0.3) is 0 Å². The minimum Gasteiger partial charge on any atom is -0.497 e. The van der Waals surface area contributed by atoms with Gasteiger partial charge in [0, 0.05) is 6.04 Å². The van der Waals surface area contributed by atoms with Crippen LogP contribution in [0.15, 0.2) is 24.3 Å². The lowest BCUT2D eigenvalue weighted by molar-refractivity contribution is 0.412. The zero-order valence-corrected chi connectivity index (χ0v) is 11.7. The van der Waals surface area contributed by atoms with E-state index in [-0.39, 0.29) is 11.5 Å². The maximum absolute atomic E-state index is 8.94. The highest BCUT2D eigenvalue weighted by Crippen LogP contribution is 2.20. The summed E-state index contributed by atoms with van der Waals surface area (Å²) in [5, 5.41) is 12.4. The first-order valence-electron chi connectivity index (χ1n) is 6.27. The lowest BCUT2D eigenvalue weighted by atomic mass is 9.91. The molecule has 1 aromatic rings.